The van der Waals surface area contributed by atoms with E-state index in [1.54, 1.807) is 0 Å². The number of rotatable bonds is 9. The Morgan fingerprint density at radius 1 is 1.21 bits per heavy atom. The van der Waals surface area contributed by atoms with Crippen molar-refractivity contribution < 1.29 is 0 Å². The van der Waals surface area contributed by atoms with Crippen molar-refractivity contribution in [2.75, 3.05) is 13.1 Å². The zero-order valence-corrected chi connectivity index (χ0v) is 10.2. The Morgan fingerprint density at radius 3 is 2.43 bits per heavy atom. The van der Waals surface area contributed by atoms with Crippen molar-refractivity contribution in [1.82, 2.24) is 5.32 Å². The SMILES string of the molecule is C=CC(C)(CCCCCC)CNCC. The van der Waals surface area contributed by atoms with E-state index < -0.39 is 0 Å². The maximum atomic E-state index is 3.94. The van der Waals surface area contributed by atoms with Crippen LogP contribution in [0.25, 0.3) is 0 Å². The highest BCUT2D eigenvalue weighted by Gasteiger charge is 2.18. The summed E-state index contributed by atoms with van der Waals surface area (Å²) in [5.41, 5.74) is 0.295. The molecule has 0 saturated carbocycles. The van der Waals surface area contributed by atoms with Crippen LogP contribution in [-0.4, -0.2) is 13.1 Å². The molecule has 0 radical (unpaired) electrons. The van der Waals surface area contributed by atoms with Crippen LogP contribution in [0.2, 0.25) is 0 Å². The summed E-state index contributed by atoms with van der Waals surface area (Å²) in [6, 6.07) is 0. The maximum absolute atomic E-state index is 3.94. The summed E-state index contributed by atoms with van der Waals surface area (Å²) in [5.74, 6) is 0. The topological polar surface area (TPSA) is 12.0 Å². The van der Waals surface area contributed by atoms with Gasteiger partial charge in [-0.3, -0.25) is 0 Å². The molecule has 84 valence electrons. The summed E-state index contributed by atoms with van der Waals surface area (Å²) in [4.78, 5) is 0. The zero-order valence-electron chi connectivity index (χ0n) is 10.2. The molecule has 1 atom stereocenters. The molecule has 1 heteroatoms. The highest BCUT2D eigenvalue weighted by molar-refractivity contribution is 4.92. The minimum Gasteiger partial charge on any atom is -0.316 e. The van der Waals surface area contributed by atoms with Gasteiger partial charge in [0.25, 0.3) is 0 Å². The first-order valence-electron chi connectivity index (χ1n) is 6.03. The second kappa shape index (κ2) is 8.05. The van der Waals surface area contributed by atoms with E-state index in [9.17, 15) is 0 Å². The molecule has 0 rings (SSSR count). The fraction of sp³-hybridized carbons (Fsp3) is 0.846. The van der Waals surface area contributed by atoms with Gasteiger partial charge >= 0.3 is 0 Å². The lowest BCUT2D eigenvalue weighted by Gasteiger charge is -2.26. The van der Waals surface area contributed by atoms with Crippen LogP contribution in [-0.2, 0) is 0 Å². The quantitative estimate of drug-likeness (QED) is 0.438. The third-order valence-corrected chi connectivity index (χ3v) is 2.87. The van der Waals surface area contributed by atoms with Gasteiger partial charge in [-0.05, 0) is 18.4 Å². The van der Waals surface area contributed by atoms with Crippen LogP contribution in [0.4, 0.5) is 0 Å². The van der Waals surface area contributed by atoms with Crippen molar-refractivity contribution in [1.29, 1.82) is 0 Å². The lowest BCUT2D eigenvalue weighted by molar-refractivity contribution is 0.352. The molecule has 0 heterocycles. The van der Waals surface area contributed by atoms with E-state index >= 15 is 0 Å². The molecule has 0 aliphatic carbocycles. The van der Waals surface area contributed by atoms with Crippen molar-refractivity contribution in [3.8, 4) is 0 Å². The summed E-state index contributed by atoms with van der Waals surface area (Å²) in [7, 11) is 0. The van der Waals surface area contributed by atoms with E-state index in [1.165, 1.54) is 32.1 Å². The van der Waals surface area contributed by atoms with Crippen molar-refractivity contribution in [2.45, 2.75) is 52.9 Å². The van der Waals surface area contributed by atoms with Gasteiger partial charge in [0, 0.05) is 6.54 Å². The Kier molecular flexibility index (Phi) is 7.87. The van der Waals surface area contributed by atoms with Gasteiger partial charge in [-0.25, -0.2) is 0 Å². The largest absolute Gasteiger partial charge is 0.316 e. The molecule has 0 aromatic rings. The van der Waals surface area contributed by atoms with Crippen LogP contribution in [0, 0.1) is 5.41 Å². The van der Waals surface area contributed by atoms with Gasteiger partial charge in [0.15, 0.2) is 0 Å². The lowest BCUT2D eigenvalue weighted by atomic mass is 9.84. The predicted octanol–water partition coefficient (Wildman–Crippen LogP) is 3.76. The van der Waals surface area contributed by atoms with E-state index in [2.05, 4.69) is 38.7 Å². The molecule has 1 N–H and O–H groups in total. The average Bonchev–Trinajstić information content (AvgIpc) is 2.22. The van der Waals surface area contributed by atoms with E-state index in [1.807, 2.05) is 0 Å². The van der Waals surface area contributed by atoms with Crippen molar-refractivity contribution in [2.24, 2.45) is 5.41 Å². The van der Waals surface area contributed by atoms with Crippen LogP contribution in [0.15, 0.2) is 12.7 Å². The highest BCUT2D eigenvalue weighted by atomic mass is 14.9. The summed E-state index contributed by atoms with van der Waals surface area (Å²) < 4.78 is 0. The fourth-order valence-electron chi connectivity index (χ4n) is 1.63. The number of nitrogens with one attached hydrogen (secondary N) is 1. The minimum absolute atomic E-state index is 0.295. The number of unbranched alkanes of at least 4 members (excludes halogenated alkanes) is 3. The molecule has 0 amide bonds. The Morgan fingerprint density at radius 2 is 1.93 bits per heavy atom. The highest BCUT2D eigenvalue weighted by Crippen LogP contribution is 2.24. The number of hydrogen-bond acceptors (Lipinski definition) is 1. The molecule has 0 spiro atoms. The fourth-order valence-corrected chi connectivity index (χ4v) is 1.63. The van der Waals surface area contributed by atoms with Crippen LogP contribution in [0.5, 0.6) is 0 Å². The van der Waals surface area contributed by atoms with E-state index in [0.29, 0.717) is 5.41 Å². The molecule has 0 aliphatic heterocycles. The van der Waals surface area contributed by atoms with Crippen molar-refractivity contribution >= 4 is 0 Å². The predicted molar refractivity (Wildman–Crippen MR) is 65.6 cm³/mol. The molecule has 1 nitrogen and oxygen atoms in total. The monoisotopic (exact) mass is 197 g/mol. The minimum atomic E-state index is 0.295. The molecule has 0 aliphatic rings. The Hall–Kier alpha value is -0.300. The van der Waals surface area contributed by atoms with Crippen LogP contribution in [0.1, 0.15) is 52.9 Å². The van der Waals surface area contributed by atoms with Gasteiger partial charge in [0.05, 0.1) is 0 Å². The van der Waals surface area contributed by atoms with Crippen LogP contribution in [0.3, 0.4) is 0 Å². The molecule has 14 heavy (non-hydrogen) atoms. The second-order valence-corrected chi connectivity index (χ2v) is 4.45. The van der Waals surface area contributed by atoms with Gasteiger partial charge in [0.2, 0.25) is 0 Å². The van der Waals surface area contributed by atoms with Gasteiger partial charge in [-0.1, -0.05) is 52.5 Å². The van der Waals surface area contributed by atoms with E-state index in [-0.39, 0.29) is 0 Å². The summed E-state index contributed by atoms with van der Waals surface area (Å²) in [6.07, 6.45) is 8.77. The first kappa shape index (κ1) is 13.7. The van der Waals surface area contributed by atoms with Crippen molar-refractivity contribution in [3.05, 3.63) is 12.7 Å². The van der Waals surface area contributed by atoms with Crippen LogP contribution >= 0.6 is 0 Å². The molecule has 0 fully saturated rings. The Bertz CT molecular complexity index is 142. The van der Waals surface area contributed by atoms with Crippen LogP contribution < -0.4 is 5.32 Å². The molecule has 0 aromatic carbocycles. The van der Waals surface area contributed by atoms with E-state index in [4.69, 9.17) is 0 Å². The second-order valence-electron chi connectivity index (χ2n) is 4.45. The van der Waals surface area contributed by atoms with E-state index in [0.717, 1.165) is 13.1 Å². The summed E-state index contributed by atoms with van der Waals surface area (Å²) in [5, 5.41) is 3.41. The first-order valence-corrected chi connectivity index (χ1v) is 6.03. The van der Waals surface area contributed by atoms with Gasteiger partial charge in [-0.2, -0.15) is 0 Å². The smallest absolute Gasteiger partial charge is 0.00396 e. The molecular weight excluding hydrogens is 170 g/mol. The summed E-state index contributed by atoms with van der Waals surface area (Å²) >= 11 is 0. The first-order chi connectivity index (χ1) is 6.68. The molecule has 0 bridgehead atoms. The summed E-state index contributed by atoms with van der Waals surface area (Å²) in [6.45, 7) is 12.8. The average molecular weight is 197 g/mol. The third-order valence-electron chi connectivity index (χ3n) is 2.87. The van der Waals surface area contributed by atoms with Gasteiger partial charge < -0.3 is 5.32 Å². The third kappa shape index (κ3) is 6.20. The van der Waals surface area contributed by atoms with Gasteiger partial charge in [-0.15, -0.1) is 6.58 Å². The Balaban J connectivity index is 3.68. The number of hydrogen-bond donors (Lipinski definition) is 1. The lowest BCUT2D eigenvalue weighted by Crippen LogP contribution is -2.30. The Labute approximate surface area is 90.0 Å². The molecule has 0 saturated heterocycles. The normalized spacial score (nSPS) is 15.1. The molecular formula is C13H27N. The molecule has 1 unspecified atom stereocenters. The van der Waals surface area contributed by atoms with Gasteiger partial charge in [0.1, 0.15) is 0 Å². The maximum Gasteiger partial charge on any atom is 0.00396 e. The van der Waals surface area contributed by atoms with Crippen molar-refractivity contribution in [3.63, 3.8) is 0 Å². The zero-order chi connectivity index (χ0) is 10.9. The standard InChI is InChI=1S/C13H27N/c1-5-8-9-10-11-13(4,6-2)12-14-7-3/h6,14H,2,5,7-12H2,1,3-4H3. The molecule has 0 aromatic heterocycles.